The predicted octanol–water partition coefficient (Wildman–Crippen LogP) is 7.47. The fourth-order valence-corrected chi connectivity index (χ4v) is 8.00. The van der Waals surface area contributed by atoms with Gasteiger partial charge in [-0.2, -0.15) is 0 Å². The smallest absolute Gasteiger partial charge is 0.0711 e. The van der Waals surface area contributed by atoms with E-state index >= 15 is 0 Å². The van der Waals surface area contributed by atoms with Gasteiger partial charge in [-0.15, -0.1) is 0 Å². The maximum Gasteiger partial charge on any atom is 0.242 e. The highest BCUT2D eigenvalue weighted by Gasteiger charge is 2.41. The van der Waals surface area contributed by atoms with Gasteiger partial charge in [-0.25, -0.2) is 0 Å². The van der Waals surface area contributed by atoms with E-state index in [1.54, 1.807) is 21.9 Å². The van der Waals surface area contributed by atoms with E-state index in [2.05, 4.69) is 97.1 Å². The van der Waals surface area contributed by atoms with Crippen LogP contribution in [-0.2, 0) is 25.7 Å². The first-order valence-electron chi connectivity index (χ1n) is 18.4. The number of fused-ring (bicyclic) bond motifs is 8. The second-order valence-electron chi connectivity index (χ2n) is 11.2. The van der Waals surface area contributed by atoms with Gasteiger partial charge in [0.2, 0.25) is 13.4 Å². The van der Waals surface area contributed by atoms with E-state index in [-0.39, 0.29) is 0 Å². The molecule has 0 saturated carbocycles. The van der Waals surface area contributed by atoms with Crippen molar-refractivity contribution in [3.63, 3.8) is 0 Å². The van der Waals surface area contributed by atoms with Crippen molar-refractivity contribution in [2.75, 3.05) is 0 Å². The van der Waals surface area contributed by atoms with Crippen molar-refractivity contribution in [1.29, 1.82) is 0 Å². The summed E-state index contributed by atoms with van der Waals surface area (Å²) in [5.74, 6) is 0. The average Bonchev–Trinajstić information content (AvgIpc) is 3.15. The van der Waals surface area contributed by atoms with E-state index in [9.17, 15) is 0 Å². The largest absolute Gasteiger partial charge is 0.242 e. The Morgan fingerprint density at radius 3 is 0.978 bits per heavy atom. The van der Waals surface area contributed by atoms with E-state index < -0.39 is 0 Å². The topological polar surface area (TPSA) is 0 Å². The van der Waals surface area contributed by atoms with Crippen LogP contribution in [0.25, 0.3) is 0 Å². The molecule has 0 radical (unpaired) electrons. The summed E-state index contributed by atoms with van der Waals surface area (Å²) in [5.41, 5.74) is 21.4. The molecule has 0 nitrogen and oxygen atoms in total. The number of hydrogen-bond acceptors (Lipinski definition) is 0. The molecule has 0 fully saturated rings. The summed E-state index contributed by atoms with van der Waals surface area (Å²) in [4.78, 5) is 0. The molecule has 5 aromatic rings. The van der Waals surface area contributed by atoms with Crippen LogP contribution in [0.3, 0.4) is 0 Å². The monoisotopic (exact) mass is 604 g/mol. The average molecular weight is 605 g/mol. The molecule has 0 aromatic heterocycles. The zero-order chi connectivity index (χ0) is 33.4. The fraction of sp³-hybridized carbons (Fsp3) is 0.318. The number of benzene rings is 5. The molecular weight excluding hydrogens is 550 g/mol. The SMILES string of the molecule is CC.CC.CC.CC.CC.c1ccc2c(c1)Cc1cccc3c1B2c1cc2c(cc1C3)Cc1cccc3c1B2c1ccccc1C3. The first kappa shape index (κ1) is 35.1. The van der Waals surface area contributed by atoms with Gasteiger partial charge in [0.15, 0.2) is 0 Å². The van der Waals surface area contributed by atoms with Crippen molar-refractivity contribution in [2.24, 2.45) is 0 Å². The van der Waals surface area contributed by atoms with E-state index in [1.807, 2.05) is 69.2 Å². The van der Waals surface area contributed by atoms with E-state index in [0.29, 0.717) is 13.4 Å². The summed E-state index contributed by atoms with van der Waals surface area (Å²) in [5, 5.41) is 0. The van der Waals surface area contributed by atoms with Crippen LogP contribution in [0.1, 0.15) is 114 Å². The van der Waals surface area contributed by atoms with Crippen LogP contribution < -0.4 is 32.8 Å². The molecule has 4 aliphatic rings. The molecule has 2 heteroatoms. The molecule has 0 bridgehead atoms. The number of rotatable bonds is 0. The molecule has 0 atom stereocenters. The summed E-state index contributed by atoms with van der Waals surface area (Å²) in [6, 6.07) is 37.6. The Bertz CT molecular complexity index is 1640. The summed E-state index contributed by atoms with van der Waals surface area (Å²) in [7, 11) is 0. The van der Waals surface area contributed by atoms with Crippen molar-refractivity contribution in [2.45, 2.75) is 94.9 Å². The van der Waals surface area contributed by atoms with Crippen LogP contribution >= 0.6 is 0 Å². The summed E-state index contributed by atoms with van der Waals surface area (Å²) in [6.45, 7) is 20.7. The molecule has 5 aromatic carbocycles. The van der Waals surface area contributed by atoms with Gasteiger partial charge in [-0.1, -0.05) is 199 Å². The molecular formula is C44H54B2. The van der Waals surface area contributed by atoms with Crippen molar-refractivity contribution < 1.29 is 0 Å². The van der Waals surface area contributed by atoms with Crippen LogP contribution in [0.4, 0.5) is 0 Å². The van der Waals surface area contributed by atoms with Crippen molar-refractivity contribution in [3.8, 4) is 0 Å². The second kappa shape index (κ2) is 16.2. The maximum atomic E-state index is 2.64. The third kappa shape index (κ3) is 5.92. The van der Waals surface area contributed by atoms with Gasteiger partial charge in [0.05, 0.1) is 0 Å². The highest BCUT2D eigenvalue weighted by Crippen LogP contribution is 2.26. The van der Waals surface area contributed by atoms with Crippen LogP contribution in [0, 0.1) is 0 Å². The third-order valence-electron chi connectivity index (χ3n) is 9.43. The first-order valence-corrected chi connectivity index (χ1v) is 18.4. The van der Waals surface area contributed by atoms with E-state index in [1.165, 1.54) is 55.4 Å². The Balaban J connectivity index is 0.000000442. The standard InChI is InChI=1S/C34H24B2.5C2H6/c1-3-13-29-21(7-1)15-23-9-5-11-25-17-27-19-28-18-26-12-6-10-24-16-22-8-2-4-14-30(22)36(34(24)26)32(28)20-31(27)35(29)33(23)25;5*1-2/h1-14,19-20H,15-18H2;5*1-2H3. The Hall–Kier alpha value is -3.77. The van der Waals surface area contributed by atoms with Gasteiger partial charge in [-0.05, 0) is 70.2 Å². The molecule has 4 aliphatic heterocycles. The van der Waals surface area contributed by atoms with Gasteiger partial charge in [0.1, 0.15) is 0 Å². The first-order chi connectivity index (χ1) is 22.8. The molecule has 9 rings (SSSR count). The van der Waals surface area contributed by atoms with Gasteiger partial charge >= 0.3 is 0 Å². The fourth-order valence-electron chi connectivity index (χ4n) is 8.00. The zero-order valence-electron chi connectivity index (χ0n) is 30.2. The lowest BCUT2D eigenvalue weighted by atomic mass is 9.27. The van der Waals surface area contributed by atoms with Crippen molar-refractivity contribution in [1.82, 2.24) is 0 Å². The van der Waals surface area contributed by atoms with E-state index in [0.717, 1.165) is 25.7 Å². The van der Waals surface area contributed by atoms with Gasteiger partial charge < -0.3 is 0 Å². The van der Waals surface area contributed by atoms with Crippen LogP contribution in [-0.4, -0.2) is 13.4 Å². The summed E-state index contributed by atoms with van der Waals surface area (Å²) in [6.07, 6.45) is 4.23. The van der Waals surface area contributed by atoms with E-state index in [4.69, 9.17) is 0 Å². The lowest BCUT2D eigenvalue weighted by molar-refractivity contribution is 1.12. The van der Waals surface area contributed by atoms with Gasteiger partial charge in [0, 0.05) is 0 Å². The molecule has 236 valence electrons. The lowest BCUT2D eigenvalue weighted by Gasteiger charge is -2.38. The van der Waals surface area contributed by atoms with Crippen LogP contribution in [0.2, 0.25) is 0 Å². The van der Waals surface area contributed by atoms with Crippen molar-refractivity contribution >= 4 is 46.2 Å². The minimum absolute atomic E-state index is 0.352. The normalized spacial score (nSPS) is 12.6. The lowest BCUT2D eigenvalue weighted by Crippen LogP contribution is -2.65. The molecule has 0 saturated heterocycles. The predicted molar refractivity (Wildman–Crippen MR) is 209 cm³/mol. The Morgan fingerprint density at radius 2 is 0.609 bits per heavy atom. The zero-order valence-corrected chi connectivity index (χ0v) is 30.2. The minimum atomic E-state index is 0.352. The molecule has 4 heterocycles. The van der Waals surface area contributed by atoms with Crippen LogP contribution in [0.15, 0.2) is 97.1 Å². The third-order valence-corrected chi connectivity index (χ3v) is 9.43. The molecule has 0 unspecified atom stereocenters. The highest BCUT2D eigenvalue weighted by atomic mass is 14.3. The second-order valence-corrected chi connectivity index (χ2v) is 11.2. The molecule has 0 amide bonds. The minimum Gasteiger partial charge on any atom is -0.0711 e. The van der Waals surface area contributed by atoms with Crippen LogP contribution in [0.5, 0.6) is 0 Å². The molecule has 0 N–H and O–H groups in total. The maximum absolute atomic E-state index is 2.64. The highest BCUT2D eigenvalue weighted by molar-refractivity contribution is 7.00. The Morgan fingerprint density at radius 1 is 0.304 bits per heavy atom. The number of hydrogen-bond donors (Lipinski definition) is 0. The Kier molecular flexibility index (Phi) is 12.3. The quantitative estimate of drug-likeness (QED) is 0.158. The molecule has 0 spiro atoms. The summed E-state index contributed by atoms with van der Waals surface area (Å²) < 4.78 is 0. The van der Waals surface area contributed by atoms with Gasteiger partial charge in [-0.3, -0.25) is 0 Å². The molecule has 0 aliphatic carbocycles. The van der Waals surface area contributed by atoms with Gasteiger partial charge in [0.25, 0.3) is 0 Å². The van der Waals surface area contributed by atoms with Crippen molar-refractivity contribution in [3.05, 3.63) is 142 Å². The molecule has 46 heavy (non-hydrogen) atoms. The Labute approximate surface area is 281 Å². The summed E-state index contributed by atoms with van der Waals surface area (Å²) >= 11 is 0.